The molecule has 0 saturated carbocycles. The summed E-state index contributed by atoms with van der Waals surface area (Å²) in [5.41, 5.74) is 1.40. The summed E-state index contributed by atoms with van der Waals surface area (Å²) in [4.78, 5) is 3.96. The Bertz CT molecular complexity index is 421. The number of benzene rings is 1. The highest BCUT2D eigenvalue weighted by molar-refractivity contribution is 7.99. The van der Waals surface area contributed by atoms with Gasteiger partial charge in [0.2, 0.25) is 0 Å². The van der Waals surface area contributed by atoms with Crippen LogP contribution in [0.1, 0.15) is 51.1 Å². The molecular formula is C18H30N2S. The van der Waals surface area contributed by atoms with Gasteiger partial charge in [-0.15, -0.1) is 11.8 Å². The van der Waals surface area contributed by atoms with Crippen LogP contribution < -0.4 is 5.32 Å². The van der Waals surface area contributed by atoms with Gasteiger partial charge < -0.3 is 10.2 Å². The lowest BCUT2D eigenvalue weighted by atomic mass is 10.0. The molecule has 0 aromatic heterocycles. The number of likely N-dealkylation sites (tertiary alicyclic amines) is 1. The van der Waals surface area contributed by atoms with Crippen molar-refractivity contribution in [3.05, 3.63) is 29.8 Å². The molecule has 118 valence electrons. The maximum atomic E-state index is 3.49. The molecule has 1 N–H and O–H groups in total. The van der Waals surface area contributed by atoms with Crippen LogP contribution in [0.2, 0.25) is 0 Å². The number of hydrogen-bond acceptors (Lipinski definition) is 3. The van der Waals surface area contributed by atoms with Gasteiger partial charge in [0.05, 0.1) is 0 Å². The molecule has 1 heterocycles. The van der Waals surface area contributed by atoms with Crippen molar-refractivity contribution in [3.63, 3.8) is 0 Å². The van der Waals surface area contributed by atoms with Crippen molar-refractivity contribution in [1.82, 2.24) is 10.2 Å². The van der Waals surface area contributed by atoms with E-state index in [0.29, 0.717) is 6.04 Å². The monoisotopic (exact) mass is 306 g/mol. The van der Waals surface area contributed by atoms with Gasteiger partial charge in [0.1, 0.15) is 0 Å². The lowest BCUT2D eigenvalue weighted by molar-refractivity contribution is 0.182. The van der Waals surface area contributed by atoms with Crippen molar-refractivity contribution in [2.75, 3.05) is 25.9 Å². The van der Waals surface area contributed by atoms with Crippen LogP contribution in [0.25, 0.3) is 0 Å². The molecule has 2 nitrogen and oxygen atoms in total. The number of rotatable bonds is 7. The van der Waals surface area contributed by atoms with Crippen LogP contribution in [0.3, 0.4) is 0 Å². The second-order valence-electron chi connectivity index (χ2n) is 6.12. The maximum Gasteiger partial charge on any atom is 0.0292 e. The van der Waals surface area contributed by atoms with Crippen LogP contribution >= 0.6 is 11.8 Å². The Labute approximate surface area is 134 Å². The smallest absolute Gasteiger partial charge is 0.0292 e. The fourth-order valence-corrected chi connectivity index (χ4v) is 4.14. The van der Waals surface area contributed by atoms with Gasteiger partial charge in [0.15, 0.2) is 0 Å². The minimum atomic E-state index is 0.444. The second-order valence-corrected chi connectivity index (χ2v) is 7.29. The molecule has 1 fully saturated rings. The van der Waals surface area contributed by atoms with Crippen molar-refractivity contribution in [1.29, 1.82) is 0 Å². The van der Waals surface area contributed by atoms with Gasteiger partial charge in [-0.25, -0.2) is 0 Å². The molecule has 0 amide bonds. The average Bonchev–Trinajstić information content (AvgIpc) is 2.50. The third kappa shape index (κ3) is 5.32. The van der Waals surface area contributed by atoms with Crippen molar-refractivity contribution in [2.24, 2.45) is 0 Å². The molecule has 2 rings (SSSR count). The minimum absolute atomic E-state index is 0.444. The number of nitrogens with zero attached hydrogens (tertiary/aromatic N) is 1. The number of piperidine rings is 1. The van der Waals surface area contributed by atoms with E-state index >= 15 is 0 Å². The minimum Gasteiger partial charge on any atom is -0.310 e. The lowest BCUT2D eigenvalue weighted by Gasteiger charge is -2.32. The first-order valence-corrected chi connectivity index (χ1v) is 9.35. The molecule has 1 aromatic rings. The van der Waals surface area contributed by atoms with Crippen molar-refractivity contribution in [2.45, 2.75) is 56.5 Å². The topological polar surface area (TPSA) is 15.3 Å². The van der Waals surface area contributed by atoms with E-state index in [1.165, 1.54) is 48.4 Å². The third-order valence-electron chi connectivity index (χ3n) is 4.51. The Morgan fingerprint density at radius 1 is 1.38 bits per heavy atom. The highest BCUT2D eigenvalue weighted by Gasteiger charge is 2.18. The predicted octanol–water partition coefficient (Wildman–Crippen LogP) is 4.32. The van der Waals surface area contributed by atoms with Crippen molar-refractivity contribution in [3.8, 4) is 0 Å². The standard InChI is InChI=1S/C18H30N2S/c1-4-19-15(2)16-8-7-10-18(14-16)21-13-11-17-9-5-6-12-20(17)3/h7-8,10,14-15,17,19H,4-6,9,11-13H2,1-3H3. The van der Waals surface area contributed by atoms with Crippen LogP contribution in [-0.4, -0.2) is 36.8 Å². The van der Waals surface area contributed by atoms with Crippen LogP contribution in [0.15, 0.2) is 29.2 Å². The largest absolute Gasteiger partial charge is 0.310 e. The van der Waals surface area contributed by atoms with Crippen LogP contribution in [0.5, 0.6) is 0 Å². The van der Waals surface area contributed by atoms with E-state index in [4.69, 9.17) is 0 Å². The van der Waals surface area contributed by atoms with Crippen LogP contribution in [0, 0.1) is 0 Å². The van der Waals surface area contributed by atoms with Gasteiger partial charge in [0.25, 0.3) is 0 Å². The van der Waals surface area contributed by atoms with E-state index in [1.54, 1.807) is 0 Å². The first-order chi connectivity index (χ1) is 10.2. The highest BCUT2D eigenvalue weighted by atomic mass is 32.2. The highest BCUT2D eigenvalue weighted by Crippen LogP contribution is 2.25. The summed E-state index contributed by atoms with van der Waals surface area (Å²) < 4.78 is 0. The SMILES string of the molecule is CCNC(C)c1cccc(SCCC2CCCCN2C)c1. The molecule has 0 radical (unpaired) electrons. The molecule has 0 aliphatic carbocycles. The van der Waals surface area contributed by atoms with E-state index in [1.807, 2.05) is 11.8 Å². The predicted molar refractivity (Wildman–Crippen MR) is 94.1 cm³/mol. The van der Waals surface area contributed by atoms with Crippen LogP contribution in [0.4, 0.5) is 0 Å². The van der Waals surface area contributed by atoms with Crippen molar-refractivity contribution < 1.29 is 0 Å². The Morgan fingerprint density at radius 3 is 3.00 bits per heavy atom. The quantitative estimate of drug-likeness (QED) is 0.755. The normalized spacial score (nSPS) is 21.4. The molecule has 1 aliphatic rings. The summed E-state index contributed by atoms with van der Waals surface area (Å²) in [6, 6.07) is 10.3. The third-order valence-corrected chi connectivity index (χ3v) is 5.54. The first-order valence-electron chi connectivity index (χ1n) is 8.37. The summed E-state index contributed by atoms with van der Waals surface area (Å²) in [6.45, 7) is 6.71. The van der Waals surface area contributed by atoms with Gasteiger partial charge in [-0.1, -0.05) is 25.5 Å². The molecule has 0 bridgehead atoms. The molecular weight excluding hydrogens is 276 g/mol. The summed E-state index contributed by atoms with van der Waals surface area (Å²) in [5, 5.41) is 3.49. The number of thioether (sulfide) groups is 1. The van der Waals surface area contributed by atoms with E-state index in [9.17, 15) is 0 Å². The molecule has 3 heteroatoms. The van der Waals surface area contributed by atoms with Gasteiger partial charge in [0, 0.05) is 17.0 Å². The molecule has 1 aliphatic heterocycles. The fourth-order valence-electron chi connectivity index (χ4n) is 3.12. The molecule has 0 spiro atoms. The summed E-state index contributed by atoms with van der Waals surface area (Å²) in [7, 11) is 2.28. The molecule has 2 unspecified atom stereocenters. The Hall–Kier alpha value is -0.510. The summed E-state index contributed by atoms with van der Waals surface area (Å²) in [6.07, 6.45) is 5.49. The van der Waals surface area contributed by atoms with E-state index in [0.717, 1.165) is 12.6 Å². The fraction of sp³-hybridized carbons (Fsp3) is 0.667. The van der Waals surface area contributed by atoms with Gasteiger partial charge >= 0.3 is 0 Å². The second kappa shape index (κ2) is 8.82. The number of hydrogen-bond donors (Lipinski definition) is 1. The summed E-state index contributed by atoms with van der Waals surface area (Å²) >= 11 is 2.01. The van der Waals surface area contributed by atoms with Crippen molar-refractivity contribution >= 4 is 11.8 Å². The van der Waals surface area contributed by atoms with Gasteiger partial charge in [-0.2, -0.15) is 0 Å². The molecule has 1 saturated heterocycles. The van der Waals surface area contributed by atoms with E-state index in [-0.39, 0.29) is 0 Å². The first kappa shape index (κ1) is 16.9. The maximum absolute atomic E-state index is 3.49. The zero-order valence-electron chi connectivity index (χ0n) is 13.8. The van der Waals surface area contributed by atoms with Gasteiger partial charge in [-0.05, 0) is 69.8 Å². The Morgan fingerprint density at radius 2 is 2.24 bits per heavy atom. The zero-order valence-corrected chi connectivity index (χ0v) is 14.6. The zero-order chi connectivity index (χ0) is 15.1. The Kier molecular flexibility index (Phi) is 7.08. The lowest BCUT2D eigenvalue weighted by Crippen LogP contribution is -2.36. The molecule has 2 atom stereocenters. The molecule has 21 heavy (non-hydrogen) atoms. The Balaban J connectivity index is 1.81. The summed E-state index contributed by atoms with van der Waals surface area (Å²) in [5.74, 6) is 1.23. The van der Waals surface area contributed by atoms with E-state index < -0.39 is 0 Å². The number of nitrogens with one attached hydrogen (secondary N) is 1. The van der Waals surface area contributed by atoms with E-state index in [2.05, 4.69) is 55.4 Å². The average molecular weight is 307 g/mol. The van der Waals surface area contributed by atoms with Gasteiger partial charge in [-0.3, -0.25) is 0 Å². The molecule has 1 aromatic carbocycles. The van der Waals surface area contributed by atoms with Crippen LogP contribution in [-0.2, 0) is 0 Å².